The first-order chi connectivity index (χ1) is 9.50. The molecule has 0 aromatic rings. The van der Waals surface area contributed by atoms with Gasteiger partial charge in [0.15, 0.2) is 5.79 Å². The average molecular weight is 282 g/mol. The molecular weight excluding hydrogens is 260 g/mol. The van der Waals surface area contributed by atoms with Crippen LogP contribution in [0.15, 0.2) is 0 Å². The zero-order chi connectivity index (χ0) is 14.8. The van der Waals surface area contributed by atoms with E-state index in [4.69, 9.17) is 19.1 Å². The van der Waals surface area contributed by atoms with E-state index >= 15 is 0 Å². The van der Waals surface area contributed by atoms with Crippen molar-refractivity contribution in [1.29, 1.82) is 0 Å². The van der Waals surface area contributed by atoms with E-state index in [1.807, 2.05) is 0 Å². The minimum atomic E-state index is -0.384. The molecule has 1 saturated heterocycles. The normalized spacial score (nSPS) is 38.6. The van der Waals surface area contributed by atoms with Gasteiger partial charge >= 0.3 is 6.15 Å². The number of rotatable bonds is 0. The SMILES string of the molecule is C[C@H]1C(=O)CC[C@]2(C)[C@@H]1CCCC21OCCO1.O=C=O. The summed E-state index contributed by atoms with van der Waals surface area (Å²) in [4.78, 5) is 28.2. The summed E-state index contributed by atoms with van der Waals surface area (Å²) >= 11 is 0. The monoisotopic (exact) mass is 282 g/mol. The van der Waals surface area contributed by atoms with Crippen LogP contribution in [0.3, 0.4) is 0 Å². The molecule has 0 aromatic carbocycles. The first-order valence-electron chi connectivity index (χ1n) is 7.30. The Kier molecular flexibility index (Phi) is 4.43. The van der Waals surface area contributed by atoms with E-state index in [0.717, 1.165) is 25.7 Å². The van der Waals surface area contributed by atoms with Crippen molar-refractivity contribution in [3.63, 3.8) is 0 Å². The fourth-order valence-electron chi connectivity index (χ4n) is 4.38. The van der Waals surface area contributed by atoms with Crippen LogP contribution in [0.25, 0.3) is 0 Å². The molecule has 0 aromatic heterocycles. The Morgan fingerprint density at radius 1 is 1.20 bits per heavy atom. The summed E-state index contributed by atoms with van der Waals surface area (Å²) in [5, 5.41) is 0. The van der Waals surface area contributed by atoms with Gasteiger partial charge in [0.05, 0.1) is 13.2 Å². The van der Waals surface area contributed by atoms with Gasteiger partial charge in [0.2, 0.25) is 0 Å². The van der Waals surface area contributed by atoms with Crippen LogP contribution in [0.4, 0.5) is 0 Å². The summed E-state index contributed by atoms with van der Waals surface area (Å²) in [7, 11) is 0. The molecule has 0 radical (unpaired) electrons. The minimum Gasteiger partial charge on any atom is -0.347 e. The molecule has 2 aliphatic carbocycles. The summed E-state index contributed by atoms with van der Waals surface area (Å²) in [5.74, 6) is 0.669. The number of ether oxygens (including phenoxy) is 2. The van der Waals surface area contributed by atoms with Gasteiger partial charge in [0.25, 0.3) is 0 Å². The molecule has 0 amide bonds. The predicted molar refractivity (Wildman–Crippen MR) is 68.5 cm³/mol. The van der Waals surface area contributed by atoms with Crippen molar-refractivity contribution < 1.29 is 23.9 Å². The number of hydrogen-bond acceptors (Lipinski definition) is 5. The van der Waals surface area contributed by atoms with Gasteiger partial charge in [-0.2, -0.15) is 9.59 Å². The molecule has 3 rings (SSSR count). The van der Waals surface area contributed by atoms with Gasteiger partial charge in [0.1, 0.15) is 5.78 Å². The molecule has 3 fully saturated rings. The van der Waals surface area contributed by atoms with E-state index < -0.39 is 0 Å². The van der Waals surface area contributed by atoms with Gasteiger partial charge in [-0.05, 0) is 25.2 Å². The summed E-state index contributed by atoms with van der Waals surface area (Å²) in [6.07, 6.45) is 5.15. The van der Waals surface area contributed by atoms with E-state index in [9.17, 15) is 4.79 Å². The van der Waals surface area contributed by atoms with Crippen LogP contribution in [-0.4, -0.2) is 30.9 Å². The van der Waals surface area contributed by atoms with Crippen LogP contribution in [0, 0.1) is 17.3 Å². The lowest BCUT2D eigenvalue weighted by Gasteiger charge is -2.56. The number of carbonyl (C=O) groups is 1. The maximum atomic E-state index is 11.9. The van der Waals surface area contributed by atoms with Gasteiger partial charge in [-0.1, -0.05) is 13.8 Å². The number of carbonyl (C=O) groups excluding carboxylic acids is 3. The van der Waals surface area contributed by atoms with Crippen LogP contribution >= 0.6 is 0 Å². The fourth-order valence-corrected chi connectivity index (χ4v) is 4.38. The van der Waals surface area contributed by atoms with Crippen molar-refractivity contribution in [2.75, 3.05) is 13.2 Å². The zero-order valence-corrected chi connectivity index (χ0v) is 12.1. The van der Waals surface area contributed by atoms with E-state index in [1.54, 1.807) is 0 Å². The molecule has 3 aliphatic rings. The van der Waals surface area contributed by atoms with Crippen molar-refractivity contribution in [1.82, 2.24) is 0 Å². The molecular formula is C15H22O5. The molecule has 0 unspecified atom stereocenters. The third-order valence-corrected chi connectivity index (χ3v) is 5.47. The number of Topliss-reactive ketones (excluding diaryl/α,β-unsaturated/α-hetero) is 1. The Bertz CT molecular complexity index is 406. The zero-order valence-electron chi connectivity index (χ0n) is 12.1. The van der Waals surface area contributed by atoms with Crippen LogP contribution in [-0.2, 0) is 23.9 Å². The van der Waals surface area contributed by atoms with Crippen molar-refractivity contribution in [3.8, 4) is 0 Å². The topological polar surface area (TPSA) is 69.7 Å². The third-order valence-electron chi connectivity index (χ3n) is 5.47. The number of ketones is 1. The van der Waals surface area contributed by atoms with Crippen molar-refractivity contribution in [2.24, 2.45) is 17.3 Å². The largest absolute Gasteiger partial charge is 0.373 e. The van der Waals surface area contributed by atoms with Crippen LogP contribution < -0.4 is 0 Å². The maximum Gasteiger partial charge on any atom is 0.373 e. The van der Waals surface area contributed by atoms with Crippen molar-refractivity contribution in [3.05, 3.63) is 0 Å². The van der Waals surface area contributed by atoms with Gasteiger partial charge < -0.3 is 9.47 Å². The molecule has 1 spiro atoms. The van der Waals surface area contributed by atoms with Gasteiger partial charge in [-0.15, -0.1) is 0 Å². The highest BCUT2D eigenvalue weighted by atomic mass is 16.7. The smallest absolute Gasteiger partial charge is 0.347 e. The Labute approximate surface area is 119 Å². The molecule has 20 heavy (non-hydrogen) atoms. The standard InChI is InChI=1S/C14H22O3.CO2/c1-10-11-4-3-6-14(16-8-9-17-14)13(11,2)7-5-12(10)15;2-1-3/h10-11H,3-9H2,1-2H3;/t10-,11-,13-;/m1./s1. The fraction of sp³-hybridized carbons (Fsp3) is 0.867. The maximum absolute atomic E-state index is 11.9. The van der Waals surface area contributed by atoms with E-state index in [2.05, 4.69) is 13.8 Å². The van der Waals surface area contributed by atoms with Gasteiger partial charge in [-0.25, -0.2) is 0 Å². The highest BCUT2D eigenvalue weighted by Gasteiger charge is 2.61. The molecule has 5 heteroatoms. The summed E-state index contributed by atoms with van der Waals surface area (Å²) < 4.78 is 12.0. The van der Waals surface area contributed by atoms with E-state index in [0.29, 0.717) is 31.3 Å². The summed E-state index contributed by atoms with van der Waals surface area (Å²) in [5.41, 5.74) is 0.0368. The predicted octanol–water partition coefficient (Wildman–Crippen LogP) is 1.95. The van der Waals surface area contributed by atoms with Crippen molar-refractivity contribution >= 4 is 11.9 Å². The number of fused-ring (bicyclic) bond motifs is 2. The quantitative estimate of drug-likeness (QED) is 0.679. The summed E-state index contributed by atoms with van der Waals surface area (Å²) in [6.45, 7) is 5.80. The molecule has 112 valence electrons. The first kappa shape index (κ1) is 15.4. The molecule has 1 heterocycles. The second kappa shape index (κ2) is 5.76. The molecule has 3 atom stereocenters. The highest BCUT2D eigenvalue weighted by molar-refractivity contribution is 5.82. The first-order valence-corrected chi connectivity index (χ1v) is 7.30. The van der Waals surface area contributed by atoms with Gasteiger partial charge in [0, 0.05) is 24.2 Å². The Morgan fingerprint density at radius 3 is 2.40 bits per heavy atom. The number of hydrogen-bond donors (Lipinski definition) is 0. The Hall–Kier alpha value is -1.03. The Morgan fingerprint density at radius 2 is 1.80 bits per heavy atom. The lowest BCUT2D eigenvalue weighted by atomic mass is 9.54. The summed E-state index contributed by atoms with van der Waals surface area (Å²) in [6, 6.07) is 0. The third kappa shape index (κ3) is 2.24. The lowest BCUT2D eigenvalue weighted by Crippen LogP contribution is -2.58. The van der Waals surface area contributed by atoms with E-state index in [1.165, 1.54) is 0 Å². The van der Waals surface area contributed by atoms with E-state index in [-0.39, 0.29) is 23.3 Å². The van der Waals surface area contributed by atoms with Crippen LogP contribution in [0.5, 0.6) is 0 Å². The molecule has 5 nitrogen and oxygen atoms in total. The molecule has 2 saturated carbocycles. The molecule has 0 N–H and O–H groups in total. The lowest BCUT2D eigenvalue weighted by molar-refractivity contribution is -0.278. The molecule has 1 aliphatic heterocycles. The average Bonchev–Trinajstić information content (AvgIpc) is 2.89. The van der Waals surface area contributed by atoms with Crippen LogP contribution in [0.1, 0.15) is 46.0 Å². The minimum absolute atomic E-state index is 0.0368. The second-order valence-electron chi connectivity index (χ2n) is 6.20. The van der Waals surface area contributed by atoms with Crippen molar-refractivity contribution in [2.45, 2.75) is 51.7 Å². The Balaban J connectivity index is 0.000000452. The molecule has 0 bridgehead atoms. The second-order valence-corrected chi connectivity index (χ2v) is 6.20. The van der Waals surface area contributed by atoms with Gasteiger partial charge in [-0.3, -0.25) is 4.79 Å². The highest BCUT2D eigenvalue weighted by Crippen LogP contribution is 2.59. The van der Waals surface area contributed by atoms with Crippen LogP contribution in [0.2, 0.25) is 0 Å².